The van der Waals surface area contributed by atoms with Gasteiger partial charge in [0, 0.05) is 0 Å². The first-order valence-corrected chi connectivity index (χ1v) is 10.4. The summed E-state index contributed by atoms with van der Waals surface area (Å²) in [6.07, 6.45) is 19.0. The smallest absolute Gasteiger partial charge is 0.123 e. The molecule has 0 N–H and O–H groups in total. The quantitative estimate of drug-likeness (QED) is 0.509. The average Bonchev–Trinajstić information content (AvgIpc) is 2.69. The fourth-order valence-electron chi connectivity index (χ4n) is 4.82. The highest BCUT2D eigenvalue weighted by Crippen LogP contribution is 2.43. The minimum atomic E-state index is -0.126. The fourth-order valence-corrected chi connectivity index (χ4v) is 4.82. The lowest BCUT2D eigenvalue weighted by Crippen LogP contribution is -2.28. The molecule has 0 aliphatic heterocycles. The Morgan fingerprint density at radius 1 is 0.885 bits per heavy atom. The van der Waals surface area contributed by atoms with E-state index in [2.05, 4.69) is 12.2 Å². The van der Waals surface area contributed by atoms with Gasteiger partial charge in [0.1, 0.15) is 5.82 Å². The number of hydrogen-bond donors (Lipinski definition) is 0. The Kier molecular flexibility index (Phi) is 7.49. The van der Waals surface area contributed by atoms with E-state index in [1.807, 2.05) is 31.2 Å². The maximum atomic E-state index is 13.1. The van der Waals surface area contributed by atoms with Crippen LogP contribution in [0.5, 0.6) is 0 Å². The molecule has 0 unspecified atom stereocenters. The molecule has 2 heteroatoms. The van der Waals surface area contributed by atoms with Gasteiger partial charge in [0.25, 0.3) is 0 Å². The molecule has 3 rings (SSSR count). The molecule has 0 atom stereocenters. The predicted molar refractivity (Wildman–Crippen MR) is 107 cm³/mol. The summed E-state index contributed by atoms with van der Waals surface area (Å²) in [4.78, 5) is 0. The SMILES string of the molecule is C/C=C/C=C/CO[C@H]1CC[C@H](C2CCC(c3ccc(F)cc3)CC2)CC1. The van der Waals surface area contributed by atoms with Gasteiger partial charge in [-0.15, -0.1) is 0 Å². The zero-order chi connectivity index (χ0) is 18.2. The van der Waals surface area contributed by atoms with Crippen LogP contribution in [-0.4, -0.2) is 12.7 Å². The van der Waals surface area contributed by atoms with E-state index in [0.717, 1.165) is 18.4 Å². The number of benzene rings is 1. The fraction of sp³-hybridized carbons (Fsp3) is 0.583. The van der Waals surface area contributed by atoms with Crippen molar-refractivity contribution >= 4 is 0 Å². The van der Waals surface area contributed by atoms with Gasteiger partial charge in [-0.1, -0.05) is 36.4 Å². The average molecular weight is 357 g/mol. The molecule has 1 nitrogen and oxygen atoms in total. The summed E-state index contributed by atoms with van der Waals surface area (Å²) in [5.74, 6) is 2.29. The van der Waals surface area contributed by atoms with Crippen LogP contribution in [-0.2, 0) is 4.74 Å². The third-order valence-electron chi connectivity index (χ3n) is 6.37. The third kappa shape index (κ3) is 5.54. The normalized spacial score (nSPS) is 30.2. The number of ether oxygens (including phenoxy) is 1. The monoisotopic (exact) mass is 356 g/mol. The van der Waals surface area contributed by atoms with Gasteiger partial charge in [-0.05, 0) is 93.7 Å². The largest absolute Gasteiger partial charge is 0.374 e. The summed E-state index contributed by atoms with van der Waals surface area (Å²) in [5.41, 5.74) is 1.33. The molecule has 0 heterocycles. The summed E-state index contributed by atoms with van der Waals surface area (Å²) in [7, 11) is 0. The molecule has 0 aromatic heterocycles. The van der Waals surface area contributed by atoms with Crippen LogP contribution in [0.25, 0.3) is 0 Å². The van der Waals surface area contributed by atoms with Crippen molar-refractivity contribution in [3.05, 3.63) is 60.0 Å². The minimum Gasteiger partial charge on any atom is -0.374 e. The van der Waals surface area contributed by atoms with E-state index in [-0.39, 0.29) is 5.82 Å². The number of halogens is 1. The minimum absolute atomic E-state index is 0.126. The van der Waals surface area contributed by atoms with Gasteiger partial charge in [0.05, 0.1) is 12.7 Å². The molecule has 2 fully saturated rings. The van der Waals surface area contributed by atoms with Crippen molar-refractivity contribution in [1.82, 2.24) is 0 Å². The lowest BCUT2D eigenvalue weighted by atomic mass is 9.69. The Bertz CT molecular complexity index is 573. The lowest BCUT2D eigenvalue weighted by Gasteiger charge is -2.37. The molecule has 142 valence electrons. The second kappa shape index (κ2) is 10.1. The van der Waals surface area contributed by atoms with Crippen LogP contribution in [0.15, 0.2) is 48.6 Å². The molecule has 2 saturated carbocycles. The molecule has 1 aromatic carbocycles. The van der Waals surface area contributed by atoms with Crippen molar-refractivity contribution in [2.45, 2.75) is 70.3 Å². The second-order valence-electron chi connectivity index (χ2n) is 7.99. The number of allylic oxidation sites excluding steroid dienone is 3. The molecule has 1 aromatic rings. The van der Waals surface area contributed by atoms with Crippen LogP contribution in [0.4, 0.5) is 4.39 Å². The highest BCUT2D eigenvalue weighted by Gasteiger charge is 2.31. The Morgan fingerprint density at radius 2 is 1.50 bits per heavy atom. The van der Waals surface area contributed by atoms with Gasteiger partial charge < -0.3 is 4.74 Å². The molecule has 0 amide bonds. The molecule has 0 radical (unpaired) electrons. The van der Waals surface area contributed by atoms with Crippen LogP contribution >= 0.6 is 0 Å². The molecule has 2 aliphatic carbocycles. The topological polar surface area (TPSA) is 9.23 Å². The highest BCUT2D eigenvalue weighted by molar-refractivity contribution is 5.21. The Hall–Kier alpha value is -1.41. The maximum Gasteiger partial charge on any atom is 0.123 e. The van der Waals surface area contributed by atoms with E-state index in [0.29, 0.717) is 12.0 Å². The first-order valence-electron chi connectivity index (χ1n) is 10.4. The van der Waals surface area contributed by atoms with E-state index in [9.17, 15) is 4.39 Å². The van der Waals surface area contributed by atoms with Crippen molar-refractivity contribution in [3.63, 3.8) is 0 Å². The predicted octanol–water partition coefficient (Wildman–Crippen LogP) is 6.81. The van der Waals surface area contributed by atoms with Gasteiger partial charge in [-0.2, -0.15) is 0 Å². The van der Waals surface area contributed by atoms with Crippen LogP contribution in [0, 0.1) is 17.7 Å². The van der Waals surface area contributed by atoms with Gasteiger partial charge in [-0.3, -0.25) is 0 Å². The van der Waals surface area contributed by atoms with E-state index in [1.165, 1.54) is 56.9 Å². The van der Waals surface area contributed by atoms with Crippen molar-refractivity contribution in [3.8, 4) is 0 Å². The van der Waals surface area contributed by atoms with Gasteiger partial charge in [0.15, 0.2) is 0 Å². The van der Waals surface area contributed by atoms with Crippen molar-refractivity contribution in [2.75, 3.05) is 6.61 Å². The summed E-state index contributed by atoms with van der Waals surface area (Å²) < 4.78 is 19.1. The van der Waals surface area contributed by atoms with Gasteiger partial charge in [0.2, 0.25) is 0 Å². The van der Waals surface area contributed by atoms with E-state index in [1.54, 1.807) is 12.1 Å². The maximum absolute atomic E-state index is 13.1. The second-order valence-corrected chi connectivity index (χ2v) is 7.99. The number of hydrogen-bond acceptors (Lipinski definition) is 1. The van der Waals surface area contributed by atoms with E-state index >= 15 is 0 Å². The van der Waals surface area contributed by atoms with Crippen molar-refractivity contribution in [1.29, 1.82) is 0 Å². The summed E-state index contributed by atoms with van der Waals surface area (Å²) >= 11 is 0. The van der Waals surface area contributed by atoms with Crippen LogP contribution in [0.2, 0.25) is 0 Å². The zero-order valence-electron chi connectivity index (χ0n) is 16.1. The molecular weight excluding hydrogens is 323 g/mol. The molecule has 26 heavy (non-hydrogen) atoms. The standard InChI is InChI=1S/C24H33FO/c1-2-3-4-5-18-26-24-16-12-22(13-17-24)20-8-6-19(7-9-20)21-10-14-23(25)15-11-21/h2-5,10-11,14-15,19-20,22,24H,6-9,12-13,16-18H2,1H3/b3-2+,5-4+/t19?,20?,22-,24-. The van der Waals surface area contributed by atoms with Gasteiger partial charge in [-0.25, -0.2) is 4.39 Å². The third-order valence-corrected chi connectivity index (χ3v) is 6.37. The van der Waals surface area contributed by atoms with Crippen LogP contribution in [0.1, 0.15) is 69.8 Å². The first kappa shape index (κ1) is 19.4. The molecule has 0 bridgehead atoms. The first-order chi connectivity index (χ1) is 12.8. The highest BCUT2D eigenvalue weighted by atomic mass is 19.1. The van der Waals surface area contributed by atoms with Crippen LogP contribution < -0.4 is 0 Å². The van der Waals surface area contributed by atoms with Crippen LogP contribution in [0.3, 0.4) is 0 Å². The number of rotatable bonds is 6. The lowest BCUT2D eigenvalue weighted by molar-refractivity contribution is 0.0223. The summed E-state index contributed by atoms with van der Waals surface area (Å²) in [5, 5.41) is 0. The van der Waals surface area contributed by atoms with E-state index < -0.39 is 0 Å². The Labute approximate surface area is 158 Å². The molecule has 0 spiro atoms. The van der Waals surface area contributed by atoms with Crippen molar-refractivity contribution in [2.24, 2.45) is 11.8 Å². The molecule has 2 aliphatic rings. The Balaban J connectivity index is 1.37. The van der Waals surface area contributed by atoms with Gasteiger partial charge >= 0.3 is 0 Å². The van der Waals surface area contributed by atoms with E-state index in [4.69, 9.17) is 4.74 Å². The van der Waals surface area contributed by atoms with Crippen molar-refractivity contribution < 1.29 is 9.13 Å². The zero-order valence-corrected chi connectivity index (χ0v) is 16.1. The molecule has 0 saturated heterocycles. The Morgan fingerprint density at radius 3 is 2.12 bits per heavy atom. The summed E-state index contributed by atoms with van der Waals surface area (Å²) in [6.45, 7) is 2.77. The summed E-state index contributed by atoms with van der Waals surface area (Å²) in [6, 6.07) is 7.17. The molecular formula is C24H33FO.